The van der Waals surface area contributed by atoms with Gasteiger partial charge in [-0.05, 0) is 127 Å². The quantitative estimate of drug-likeness (QED) is 0.0737. The van der Waals surface area contributed by atoms with Crippen molar-refractivity contribution in [2.75, 3.05) is 0 Å². The molecule has 0 N–H and O–H groups in total. The molecule has 0 atom stereocenters. The van der Waals surface area contributed by atoms with Gasteiger partial charge in [0.15, 0.2) is 34.9 Å². The maximum atomic E-state index is 15.1. The van der Waals surface area contributed by atoms with Gasteiger partial charge in [-0.2, -0.15) is 20.2 Å². The van der Waals surface area contributed by atoms with E-state index in [9.17, 15) is 58.2 Å². The van der Waals surface area contributed by atoms with Gasteiger partial charge >= 0.3 is 26.3 Å². The second kappa shape index (κ2) is 13.2. The molecule has 5 aromatic rings. The van der Waals surface area contributed by atoms with E-state index in [1.807, 2.05) is 0 Å². The molecule has 22 heteroatoms. The summed E-state index contributed by atoms with van der Waals surface area (Å²) in [6.07, 6.45) is -1.68. The Bertz CT molecular complexity index is 3070. The van der Waals surface area contributed by atoms with Crippen LogP contribution in [0, 0.1) is 70.7 Å². The average Bonchev–Trinajstić information content (AvgIpc) is 3.76. The van der Waals surface area contributed by atoms with Gasteiger partial charge in [-0.1, -0.05) is 63.1 Å². The molecule has 2 aliphatic rings. The predicted molar refractivity (Wildman–Crippen MR) is 203 cm³/mol. The molecule has 0 radical (unpaired) electrons. The summed E-state index contributed by atoms with van der Waals surface area (Å²) in [6, 6.07) is 6.06. The van der Waals surface area contributed by atoms with Gasteiger partial charge in [-0.25, -0.2) is 26.3 Å². The molecule has 0 saturated heterocycles. The van der Waals surface area contributed by atoms with Gasteiger partial charge in [-0.3, -0.25) is 0 Å². The van der Waals surface area contributed by atoms with Crippen molar-refractivity contribution in [3.63, 3.8) is 0 Å². The molecule has 0 unspecified atom stereocenters. The minimum atomic E-state index is -10.5. The summed E-state index contributed by atoms with van der Waals surface area (Å²) in [5, 5.41) is 19.2. The molecule has 7 rings (SSSR count). The number of nitriles is 2. The van der Waals surface area contributed by atoms with E-state index in [1.54, 1.807) is 0 Å². The Labute approximate surface area is 349 Å². The Balaban J connectivity index is 1.87. The Kier molecular flexibility index (Phi) is 9.26. The first-order valence-corrected chi connectivity index (χ1v) is 21.2. The lowest BCUT2D eigenvalue weighted by Crippen LogP contribution is -2.25. The molecule has 0 amide bonds. The number of allylic oxidation sites excluding steroid dienone is 3. The van der Waals surface area contributed by atoms with E-state index >= 15 is 17.6 Å². The minimum Gasteiger partial charge on any atom is -0.204 e. The van der Waals surface area contributed by atoms with E-state index in [0.717, 1.165) is 0 Å². The van der Waals surface area contributed by atoms with Crippen LogP contribution in [0.1, 0.15) is 22.3 Å². The van der Waals surface area contributed by atoms with Crippen molar-refractivity contribution in [3.8, 4) is 34.4 Å². The Morgan fingerprint density at radius 2 is 0.797 bits per heavy atom. The van der Waals surface area contributed by atoms with E-state index in [2.05, 4.69) is 9.69 Å². The Morgan fingerprint density at radius 3 is 1.09 bits per heavy atom. The summed E-state index contributed by atoms with van der Waals surface area (Å²) in [5.41, 5.74) is -7.21. The molecule has 0 spiro atoms. The zero-order chi connectivity index (χ0) is 47.4. The third kappa shape index (κ3) is 7.58. The number of hydrogen-bond acceptors (Lipinski definition) is 2. The Morgan fingerprint density at radius 1 is 0.484 bits per heavy atom. The van der Waals surface area contributed by atoms with Crippen LogP contribution in [0.15, 0.2) is 105 Å². The van der Waals surface area contributed by atoms with Crippen molar-refractivity contribution in [2.24, 2.45) is 0 Å². The molecular formula is C42H16F16N4S2. The summed E-state index contributed by atoms with van der Waals surface area (Å²) in [6.45, 7) is 15.5. The predicted octanol–water partition coefficient (Wildman–Crippen LogP) is 14.1. The highest BCUT2D eigenvalue weighted by Crippen LogP contribution is 3.02. The van der Waals surface area contributed by atoms with Crippen LogP contribution in [0.25, 0.3) is 43.1 Å². The standard InChI is InChI=1S/C42H16F16N4S2/c1-61-42(62-2)29-16-28-35(20-5-9-25(10-6-20)64(54,55,56,57)58)38-27(15-26(23(17-59)18-60)36(38)21-11-30(43)40(47)31(44)12-21)34(19-3-7-24(8-4-19)63(49,50,51,52)53)39(28)37(29)22-13-32(45)41(48)33(46)14-22/h3-14H,15-16H2. The molecule has 0 fully saturated rings. The smallest absolute Gasteiger partial charge is 0.204 e. The summed E-state index contributed by atoms with van der Waals surface area (Å²) >= 11 is 0. The summed E-state index contributed by atoms with van der Waals surface area (Å²) in [4.78, 5) is 1.36. The van der Waals surface area contributed by atoms with Gasteiger partial charge in [0, 0.05) is 6.42 Å². The highest BCUT2D eigenvalue weighted by atomic mass is 32.5. The molecular weight excluding hydrogens is 929 g/mol. The summed E-state index contributed by atoms with van der Waals surface area (Å²) in [7, 11) is -20.9. The first kappa shape index (κ1) is 44.9. The van der Waals surface area contributed by atoms with E-state index in [0.29, 0.717) is 48.5 Å². The number of fused-ring (bicyclic) bond motifs is 2. The third-order valence-corrected chi connectivity index (χ3v) is 12.6. The van der Waals surface area contributed by atoms with Crippen LogP contribution in [0.3, 0.4) is 0 Å². The highest BCUT2D eigenvalue weighted by Gasteiger charge is 2.66. The van der Waals surface area contributed by atoms with E-state index in [-0.39, 0.29) is 29.8 Å². The summed E-state index contributed by atoms with van der Waals surface area (Å²) < 4.78 is 229. The summed E-state index contributed by atoms with van der Waals surface area (Å²) in [5.74, 6) is -12.5. The number of hydrogen-bond donors (Lipinski definition) is 0. The highest BCUT2D eigenvalue weighted by molar-refractivity contribution is 8.46. The van der Waals surface area contributed by atoms with Gasteiger partial charge < -0.3 is 0 Å². The van der Waals surface area contributed by atoms with Crippen LogP contribution in [0.4, 0.5) is 65.2 Å². The zero-order valence-electron chi connectivity index (χ0n) is 31.0. The minimum absolute atomic E-state index is 0.0777. The first-order valence-electron chi connectivity index (χ1n) is 17.3. The van der Waals surface area contributed by atoms with E-state index in [4.69, 9.17) is 13.1 Å². The molecule has 0 bridgehead atoms. The van der Waals surface area contributed by atoms with Crippen LogP contribution in [0.5, 0.6) is 0 Å². The van der Waals surface area contributed by atoms with Crippen molar-refractivity contribution >= 4 is 31.6 Å². The molecule has 0 aromatic heterocycles. The second-order valence-electron chi connectivity index (χ2n) is 14.2. The van der Waals surface area contributed by atoms with Gasteiger partial charge in [0.2, 0.25) is 0 Å². The third-order valence-electron chi connectivity index (χ3n) is 10.2. The van der Waals surface area contributed by atoms with E-state index < -0.39 is 161 Å². The SMILES string of the molecule is [C-]#[N+]C([N+]#[C-])=C1Cc2c(-c3ccc(S(F)(F)(F)(F)F)cc3)c3c(c(-c4ccc(S(F)(F)(F)(F)F)cc4)c2=C1c1cc(F)c(F)c(F)c1)CC(=C(C#N)C#N)C=3c1cc(F)c(F)c(F)c1. The molecule has 5 aromatic carbocycles. The molecule has 64 heavy (non-hydrogen) atoms. The van der Waals surface area contributed by atoms with Crippen molar-refractivity contribution in [2.45, 2.75) is 22.6 Å². The van der Waals surface area contributed by atoms with Crippen molar-refractivity contribution in [3.05, 3.63) is 186 Å². The fraction of sp³-hybridized carbons (Fsp3) is 0.0476. The van der Waals surface area contributed by atoms with Gasteiger partial charge in [0.25, 0.3) is 0 Å². The Hall–Kier alpha value is -7.14. The monoisotopic (exact) mass is 944 g/mol. The first-order chi connectivity index (χ1) is 29.3. The van der Waals surface area contributed by atoms with Crippen LogP contribution >= 0.6 is 20.4 Å². The van der Waals surface area contributed by atoms with Crippen molar-refractivity contribution in [1.29, 1.82) is 10.5 Å². The topological polar surface area (TPSA) is 56.3 Å². The molecule has 2 aliphatic carbocycles. The van der Waals surface area contributed by atoms with E-state index in [1.165, 1.54) is 12.1 Å². The normalized spacial score (nSPS) is 15.7. The molecule has 328 valence electrons. The average molecular weight is 945 g/mol. The van der Waals surface area contributed by atoms with Crippen LogP contribution in [0.2, 0.25) is 0 Å². The fourth-order valence-electron chi connectivity index (χ4n) is 7.75. The van der Waals surface area contributed by atoms with Gasteiger partial charge in [0.05, 0.1) is 5.57 Å². The maximum Gasteiger partial charge on any atom is 0.523 e. The molecule has 0 aliphatic heterocycles. The zero-order valence-corrected chi connectivity index (χ0v) is 32.6. The number of halogens is 16. The number of benzene rings is 5. The largest absolute Gasteiger partial charge is 0.523 e. The van der Waals surface area contributed by atoms with Crippen LogP contribution < -0.4 is 10.4 Å². The molecule has 0 heterocycles. The fourth-order valence-corrected chi connectivity index (χ4v) is 9.05. The van der Waals surface area contributed by atoms with Crippen LogP contribution in [-0.4, -0.2) is 0 Å². The lowest BCUT2D eigenvalue weighted by atomic mass is 9.86. The lowest BCUT2D eigenvalue weighted by Gasteiger charge is -2.40. The molecule has 4 nitrogen and oxygen atoms in total. The van der Waals surface area contributed by atoms with Crippen LogP contribution in [-0.2, 0) is 12.8 Å². The number of nitrogens with zero attached hydrogens (tertiary/aromatic N) is 4. The second-order valence-corrected chi connectivity index (χ2v) is 19.0. The number of rotatable bonds is 6. The maximum absolute atomic E-state index is 15.1. The van der Waals surface area contributed by atoms with Gasteiger partial charge in [-0.15, -0.1) is 0 Å². The van der Waals surface area contributed by atoms with Crippen molar-refractivity contribution in [1.82, 2.24) is 0 Å². The lowest BCUT2D eigenvalue weighted by molar-refractivity contribution is 0.360. The van der Waals surface area contributed by atoms with Gasteiger partial charge in [0.1, 0.15) is 40.6 Å². The molecule has 0 saturated carbocycles. The van der Waals surface area contributed by atoms with Crippen molar-refractivity contribution < 1.29 is 65.2 Å².